The van der Waals surface area contributed by atoms with Gasteiger partial charge in [0.05, 0.1) is 0 Å². The molecule has 0 aromatic heterocycles. The van der Waals surface area contributed by atoms with Crippen LogP contribution in [0.5, 0.6) is 0 Å². The number of ketones is 1. The number of unbranched alkanes of at least 4 members (excludes halogenated alkanes) is 1. The van der Waals surface area contributed by atoms with Crippen molar-refractivity contribution in [2.75, 3.05) is 18.3 Å². The summed E-state index contributed by atoms with van der Waals surface area (Å²) in [7, 11) is 5.31. The van der Waals surface area contributed by atoms with Gasteiger partial charge in [0.2, 0.25) is 0 Å². The highest BCUT2D eigenvalue weighted by atomic mass is 35.7. The summed E-state index contributed by atoms with van der Waals surface area (Å²) in [5.74, 6) is 1.25. The number of carbonyl (C=O) groups excluding carboxylic acids is 1. The Morgan fingerprint density at radius 3 is 2.29 bits per heavy atom. The van der Waals surface area contributed by atoms with E-state index in [0.29, 0.717) is 6.42 Å². The van der Waals surface area contributed by atoms with E-state index in [1.54, 1.807) is 0 Å². The van der Waals surface area contributed by atoms with Gasteiger partial charge < -0.3 is 0 Å². The molecule has 0 radical (unpaired) electrons. The normalized spacial score (nSPS) is 12.6. The molecule has 0 saturated heterocycles. The molecular weight excluding hydrogens is 336 g/mol. The van der Waals surface area contributed by atoms with Crippen LogP contribution in [0.25, 0.3) is 21.5 Å². The van der Waals surface area contributed by atoms with Gasteiger partial charge in [-0.1, -0.05) is 53.1 Å². The molecule has 0 aliphatic carbocycles. The van der Waals surface area contributed by atoms with Crippen LogP contribution in [-0.2, 0) is 0 Å². The van der Waals surface area contributed by atoms with E-state index >= 15 is 0 Å². The molecule has 0 atom stereocenters. The van der Waals surface area contributed by atoms with Crippen LogP contribution in [0.2, 0.25) is 0 Å². The first-order valence-corrected chi connectivity index (χ1v) is 11.7. The summed E-state index contributed by atoms with van der Waals surface area (Å²) in [5.41, 5.74) is 0.843. The van der Waals surface area contributed by atoms with Crippen molar-refractivity contribution >= 4 is 47.3 Å². The van der Waals surface area contributed by atoms with E-state index < -0.39 is 9.24 Å². The zero-order valence-electron chi connectivity index (χ0n) is 14.2. The topological polar surface area (TPSA) is 17.1 Å². The van der Waals surface area contributed by atoms with Gasteiger partial charge >= 0.3 is 0 Å². The Hall–Kier alpha value is -1.51. The van der Waals surface area contributed by atoms with Gasteiger partial charge in [0.15, 0.2) is 5.78 Å². The SMILES string of the molecule is CS(C)(Cl)CCCCC(=O)c1cccc2cc3ccccc3cc12. The third-order valence-electron chi connectivity index (χ3n) is 4.33. The molecule has 0 spiro atoms. The van der Waals surface area contributed by atoms with E-state index in [1.807, 2.05) is 24.3 Å². The summed E-state index contributed by atoms with van der Waals surface area (Å²) in [4.78, 5) is 12.7. The lowest BCUT2D eigenvalue weighted by Crippen LogP contribution is -2.01. The van der Waals surface area contributed by atoms with Crippen LogP contribution in [0.1, 0.15) is 29.6 Å². The average molecular weight is 359 g/mol. The minimum absolute atomic E-state index is 0.234. The summed E-state index contributed by atoms with van der Waals surface area (Å²) in [6, 6.07) is 18.6. The first-order valence-electron chi connectivity index (χ1n) is 8.29. The molecule has 0 bridgehead atoms. The predicted molar refractivity (Wildman–Crippen MR) is 110 cm³/mol. The second kappa shape index (κ2) is 7.16. The largest absolute Gasteiger partial charge is 0.294 e. The van der Waals surface area contributed by atoms with Crippen LogP contribution in [-0.4, -0.2) is 24.0 Å². The van der Waals surface area contributed by atoms with Crippen molar-refractivity contribution in [2.24, 2.45) is 0 Å². The standard InChI is InChI=1S/C21H23ClOS/c1-24(2,22)13-6-5-12-21(23)19-11-7-10-18-14-16-8-3-4-9-17(16)15-20(18)19/h3-4,7-11,14-15H,5-6,12-13H2,1-2H3. The molecule has 0 saturated carbocycles. The number of benzene rings is 3. The van der Waals surface area contributed by atoms with Gasteiger partial charge in [-0.2, -0.15) is 9.24 Å². The van der Waals surface area contributed by atoms with Crippen LogP contribution in [0, 0.1) is 0 Å². The summed E-state index contributed by atoms with van der Waals surface area (Å²) < 4.78 is 0. The molecule has 0 fully saturated rings. The molecule has 0 heterocycles. The molecule has 126 valence electrons. The zero-order valence-corrected chi connectivity index (χ0v) is 15.8. The van der Waals surface area contributed by atoms with E-state index in [-0.39, 0.29) is 5.78 Å². The van der Waals surface area contributed by atoms with Gasteiger partial charge in [0.25, 0.3) is 0 Å². The number of hydrogen-bond donors (Lipinski definition) is 0. The molecule has 1 nitrogen and oxygen atoms in total. The van der Waals surface area contributed by atoms with Crippen molar-refractivity contribution < 1.29 is 4.79 Å². The van der Waals surface area contributed by atoms with E-state index in [1.165, 1.54) is 10.8 Å². The average Bonchev–Trinajstić information content (AvgIpc) is 2.55. The number of carbonyl (C=O) groups is 1. The molecule has 0 aliphatic rings. The molecule has 3 heteroatoms. The second-order valence-corrected chi connectivity index (χ2v) is 12.4. The van der Waals surface area contributed by atoms with Crippen molar-refractivity contribution in [1.82, 2.24) is 0 Å². The van der Waals surface area contributed by atoms with Crippen molar-refractivity contribution in [3.63, 3.8) is 0 Å². The zero-order chi connectivity index (χ0) is 17.2. The fourth-order valence-electron chi connectivity index (χ4n) is 3.08. The highest BCUT2D eigenvalue weighted by molar-refractivity contribution is 8.50. The van der Waals surface area contributed by atoms with E-state index in [2.05, 4.69) is 42.8 Å². The Labute approximate surface area is 149 Å². The second-order valence-electron chi connectivity index (χ2n) is 6.71. The Morgan fingerprint density at radius 1 is 0.917 bits per heavy atom. The van der Waals surface area contributed by atoms with Crippen LogP contribution in [0.3, 0.4) is 0 Å². The van der Waals surface area contributed by atoms with Gasteiger partial charge in [-0.25, -0.2) is 0 Å². The molecule has 3 aromatic carbocycles. The van der Waals surface area contributed by atoms with Gasteiger partial charge in [-0.3, -0.25) is 4.79 Å². The number of hydrogen-bond acceptors (Lipinski definition) is 1. The number of halogens is 1. The fraction of sp³-hybridized carbons (Fsp3) is 0.286. The van der Waals surface area contributed by atoms with Crippen LogP contribution in [0.4, 0.5) is 0 Å². The van der Waals surface area contributed by atoms with Crippen LogP contribution in [0.15, 0.2) is 54.6 Å². The van der Waals surface area contributed by atoms with E-state index in [0.717, 1.165) is 34.9 Å². The quantitative estimate of drug-likeness (QED) is 0.277. The summed E-state index contributed by atoms with van der Waals surface area (Å²) in [5, 5.41) is 4.58. The van der Waals surface area contributed by atoms with Crippen molar-refractivity contribution in [3.8, 4) is 0 Å². The smallest absolute Gasteiger partial charge is 0.163 e. The third-order valence-corrected chi connectivity index (χ3v) is 6.05. The molecule has 24 heavy (non-hydrogen) atoms. The predicted octanol–water partition coefficient (Wildman–Crippen LogP) is 6.56. The maximum absolute atomic E-state index is 12.7. The van der Waals surface area contributed by atoms with Gasteiger partial charge in [0.1, 0.15) is 0 Å². The lowest BCUT2D eigenvalue weighted by molar-refractivity contribution is 0.0981. The minimum atomic E-state index is -0.985. The number of fused-ring (bicyclic) bond motifs is 2. The lowest BCUT2D eigenvalue weighted by Gasteiger charge is -2.21. The first kappa shape index (κ1) is 17.3. The summed E-state index contributed by atoms with van der Waals surface area (Å²) in [6.07, 6.45) is 6.73. The molecular formula is C21H23ClOS. The molecule has 0 N–H and O–H groups in total. The monoisotopic (exact) mass is 358 g/mol. The lowest BCUT2D eigenvalue weighted by atomic mass is 9.96. The van der Waals surface area contributed by atoms with Gasteiger partial charge in [-0.05, 0) is 64.8 Å². The number of rotatable bonds is 6. The van der Waals surface area contributed by atoms with E-state index in [4.69, 9.17) is 10.7 Å². The maximum atomic E-state index is 12.7. The van der Waals surface area contributed by atoms with Crippen molar-refractivity contribution in [2.45, 2.75) is 19.3 Å². The third kappa shape index (κ3) is 4.12. The first-order chi connectivity index (χ1) is 11.4. The minimum Gasteiger partial charge on any atom is -0.294 e. The maximum Gasteiger partial charge on any atom is 0.163 e. The van der Waals surface area contributed by atoms with Gasteiger partial charge in [-0.15, -0.1) is 0 Å². The van der Waals surface area contributed by atoms with Crippen molar-refractivity contribution in [1.29, 1.82) is 0 Å². The molecule has 0 unspecified atom stereocenters. The molecule has 0 amide bonds. The fourth-order valence-corrected chi connectivity index (χ4v) is 4.29. The Bertz CT molecular complexity index is 880. The molecule has 3 rings (SSSR count). The van der Waals surface area contributed by atoms with Gasteiger partial charge in [0, 0.05) is 12.0 Å². The Morgan fingerprint density at radius 2 is 1.58 bits per heavy atom. The van der Waals surface area contributed by atoms with Crippen molar-refractivity contribution in [3.05, 3.63) is 60.2 Å². The van der Waals surface area contributed by atoms with Crippen LogP contribution >= 0.6 is 19.9 Å². The summed E-state index contributed by atoms with van der Waals surface area (Å²) >= 11 is 0. The Balaban J connectivity index is 1.83. The molecule has 0 aliphatic heterocycles. The van der Waals surface area contributed by atoms with E-state index in [9.17, 15) is 4.79 Å². The highest BCUT2D eigenvalue weighted by Crippen LogP contribution is 2.45. The molecule has 3 aromatic rings. The Kier molecular flexibility index (Phi) is 5.17. The summed E-state index contributed by atoms with van der Waals surface area (Å²) in [6.45, 7) is 0. The van der Waals surface area contributed by atoms with Crippen LogP contribution < -0.4 is 0 Å². The highest BCUT2D eigenvalue weighted by Gasteiger charge is 2.12. The number of Topliss-reactive ketones (excluding diaryl/α,β-unsaturated/α-hetero) is 1.